The zero-order chi connectivity index (χ0) is 21.1. The number of hydrogen-bond donors (Lipinski definition) is 2. The van der Waals surface area contributed by atoms with Crippen molar-refractivity contribution in [1.82, 2.24) is 15.0 Å². The van der Waals surface area contributed by atoms with Crippen molar-refractivity contribution in [3.05, 3.63) is 99.1 Å². The molecule has 0 fully saturated rings. The van der Waals surface area contributed by atoms with Gasteiger partial charge in [-0.3, -0.25) is 9.59 Å². The van der Waals surface area contributed by atoms with Gasteiger partial charge >= 0.3 is 0 Å². The van der Waals surface area contributed by atoms with Crippen LogP contribution in [0.1, 0.15) is 21.7 Å². The highest BCUT2D eigenvalue weighted by molar-refractivity contribution is 6.39. The van der Waals surface area contributed by atoms with Crippen LogP contribution in [0.3, 0.4) is 0 Å². The zero-order valence-corrected chi connectivity index (χ0v) is 16.8. The van der Waals surface area contributed by atoms with E-state index in [0.717, 1.165) is 27.5 Å². The molecule has 31 heavy (non-hydrogen) atoms. The molecule has 0 spiro atoms. The molecule has 6 rings (SSSR count). The van der Waals surface area contributed by atoms with Gasteiger partial charge in [0, 0.05) is 27.1 Å². The average molecular weight is 424 g/mol. The first-order valence-corrected chi connectivity index (χ1v) is 10.1. The van der Waals surface area contributed by atoms with Crippen LogP contribution in [-0.4, -0.2) is 20.7 Å². The van der Waals surface area contributed by atoms with Gasteiger partial charge in [-0.1, -0.05) is 48.0 Å². The Morgan fingerprint density at radius 3 is 2.42 bits per heavy atom. The first-order valence-electron chi connectivity index (χ1n) is 9.76. The fourth-order valence-corrected chi connectivity index (χ4v) is 4.45. The van der Waals surface area contributed by atoms with E-state index in [2.05, 4.69) is 15.0 Å². The second-order valence-corrected chi connectivity index (χ2v) is 7.90. The van der Waals surface area contributed by atoms with Crippen molar-refractivity contribution in [1.29, 1.82) is 0 Å². The number of halogens is 1. The van der Waals surface area contributed by atoms with E-state index in [1.54, 1.807) is 24.3 Å². The number of aromatic amines is 2. The molecule has 0 amide bonds. The standard InChI is InChI=1S/C25H14ClN3O2/c26-13-9-10-18-17(11-13)22-15-6-2-1-5-14(15)16(24(30)23(22)25(31)29-18)12-21-27-19-7-3-4-8-20(19)28-21/h1-12H,(H,27,28)(H,29,31)/b16-12+. The van der Waals surface area contributed by atoms with Crippen molar-refractivity contribution in [2.75, 3.05) is 0 Å². The predicted molar refractivity (Wildman–Crippen MR) is 123 cm³/mol. The molecule has 0 aliphatic heterocycles. The van der Waals surface area contributed by atoms with Crippen LogP contribution in [0.5, 0.6) is 0 Å². The summed E-state index contributed by atoms with van der Waals surface area (Å²) in [6.45, 7) is 0. The zero-order valence-electron chi connectivity index (χ0n) is 16.1. The minimum absolute atomic E-state index is 0.121. The van der Waals surface area contributed by atoms with E-state index in [4.69, 9.17) is 11.6 Å². The molecular weight excluding hydrogens is 410 g/mol. The molecule has 0 atom stereocenters. The number of benzene rings is 3. The van der Waals surface area contributed by atoms with E-state index < -0.39 is 5.56 Å². The number of Topliss-reactive ketones (excluding diaryl/α,β-unsaturated/α-hetero) is 1. The summed E-state index contributed by atoms with van der Waals surface area (Å²) in [6, 6.07) is 20.5. The number of fused-ring (bicyclic) bond motifs is 6. The summed E-state index contributed by atoms with van der Waals surface area (Å²) < 4.78 is 0. The number of pyridine rings is 1. The van der Waals surface area contributed by atoms with E-state index in [1.165, 1.54) is 0 Å². The summed E-state index contributed by atoms with van der Waals surface area (Å²) in [7, 11) is 0. The lowest BCUT2D eigenvalue weighted by Crippen LogP contribution is -2.24. The number of hydrogen-bond acceptors (Lipinski definition) is 3. The molecule has 0 radical (unpaired) electrons. The Morgan fingerprint density at radius 1 is 0.806 bits per heavy atom. The van der Waals surface area contributed by atoms with Gasteiger partial charge in [-0.05, 0) is 47.5 Å². The highest BCUT2D eigenvalue weighted by Gasteiger charge is 2.31. The van der Waals surface area contributed by atoms with Gasteiger partial charge in [-0.15, -0.1) is 0 Å². The van der Waals surface area contributed by atoms with Crippen LogP contribution < -0.4 is 5.56 Å². The number of nitrogens with one attached hydrogen (secondary N) is 2. The number of imidazole rings is 1. The van der Waals surface area contributed by atoms with E-state index in [-0.39, 0.29) is 11.3 Å². The third-order valence-corrected chi connectivity index (χ3v) is 5.86. The van der Waals surface area contributed by atoms with E-state index in [0.29, 0.717) is 27.5 Å². The Hall–Kier alpha value is -3.96. The quantitative estimate of drug-likeness (QED) is 0.351. The second kappa shape index (κ2) is 6.52. The van der Waals surface area contributed by atoms with Crippen LogP contribution in [0.4, 0.5) is 0 Å². The minimum Gasteiger partial charge on any atom is -0.338 e. The summed E-state index contributed by atoms with van der Waals surface area (Å²) in [5.74, 6) is 0.223. The molecule has 0 saturated carbocycles. The molecule has 148 valence electrons. The number of aromatic nitrogens is 3. The largest absolute Gasteiger partial charge is 0.338 e. The SMILES string of the molecule is O=C1/C(=C/c2nc3ccccc3[nH]2)c2ccccc2-c2c1c(=O)[nH]c1ccc(Cl)cc21. The summed E-state index contributed by atoms with van der Waals surface area (Å²) in [5.41, 5.74) is 4.65. The van der Waals surface area contributed by atoms with Gasteiger partial charge in [0.2, 0.25) is 0 Å². The lowest BCUT2D eigenvalue weighted by Gasteiger charge is -2.22. The number of allylic oxidation sites excluding steroid dienone is 1. The number of carbonyl (C=O) groups is 1. The molecule has 0 bridgehead atoms. The summed E-state index contributed by atoms with van der Waals surface area (Å²) >= 11 is 6.24. The van der Waals surface area contributed by atoms with Crippen LogP contribution in [-0.2, 0) is 0 Å². The van der Waals surface area contributed by atoms with Crippen molar-refractivity contribution < 1.29 is 4.79 Å². The number of ketones is 1. The fraction of sp³-hybridized carbons (Fsp3) is 0. The molecule has 0 unspecified atom stereocenters. The van der Waals surface area contributed by atoms with Gasteiger partial charge in [-0.2, -0.15) is 0 Å². The molecule has 6 heteroatoms. The lowest BCUT2D eigenvalue weighted by molar-refractivity contribution is 0.105. The van der Waals surface area contributed by atoms with Gasteiger partial charge in [0.15, 0.2) is 5.78 Å². The molecule has 2 N–H and O–H groups in total. The Morgan fingerprint density at radius 2 is 1.58 bits per heavy atom. The van der Waals surface area contributed by atoms with Crippen molar-refractivity contribution in [3.63, 3.8) is 0 Å². The summed E-state index contributed by atoms with van der Waals surface area (Å²) in [6.07, 6.45) is 1.71. The maximum atomic E-state index is 13.6. The second-order valence-electron chi connectivity index (χ2n) is 7.47. The Labute approximate surface area is 181 Å². The number of H-pyrrole nitrogens is 2. The molecule has 1 aliphatic rings. The highest BCUT2D eigenvalue weighted by atomic mass is 35.5. The predicted octanol–water partition coefficient (Wildman–Crippen LogP) is 5.46. The molecule has 5 nitrogen and oxygen atoms in total. The average Bonchev–Trinajstić information content (AvgIpc) is 3.19. The summed E-state index contributed by atoms with van der Waals surface area (Å²) in [5, 5.41) is 1.28. The van der Waals surface area contributed by atoms with Crippen molar-refractivity contribution in [2.45, 2.75) is 0 Å². The summed E-state index contributed by atoms with van der Waals surface area (Å²) in [4.78, 5) is 37.2. The monoisotopic (exact) mass is 423 g/mol. The molecule has 5 aromatic rings. The van der Waals surface area contributed by atoms with Crippen molar-refractivity contribution in [2.24, 2.45) is 0 Å². The fourth-order valence-electron chi connectivity index (χ4n) is 4.28. The van der Waals surface area contributed by atoms with E-state index >= 15 is 0 Å². The highest BCUT2D eigenvalue weighted by Crippen LogP contribution is 2.42. The number of nitrogens with zero attached hydrogens (tertiary/aromatic N) is 1. The molecule has 3 aromatic carbocycles. The Balaban J connectivity index is 1.67. The van der Waals surface area contributed by atoms with Gasteiger partial charge in [0.05, 0.1) is 16.6 Å². The van der Waals surface area contributed by atoms with Crippen molar-refractivity contribution in [3.8, 4) is 11.1 Å². The smallest absolute Gasteiger partial charge is 0.260 e. The minimum atomic E-state index is -0.417. The van der Waals surface area contributed by atoms with Gasteiger partial charge < -0.3 is 9.97 Å². The van der Waals surface area contributed by atoms with Crippen molar-refractivity contribution >= 4 is 51.0 Å². The molecular formula is C25H14ClN3O2. The molecule has 2 heterocycles. The number of rotatable bonds is 1. The van der Waals surface area contributed by atoms with Crippen LogP contribution >= 0.6 is 11.6 Å². The number of carbonyl (C=O) groups excluding carboxylic acids is 1. The van der Waals surface area contributed by atoms with Gasteiger partial charge in [0.1, 0.15) is 5.82 Å². The normalized spacial score (nSPS) is 14.2. The van der Waals surface area contributed by atoms with E-state index in [1.807, 2.05) is 48.5 Å². The Kier molecular flexibility index (Phi) is 3.76. The van der Waals surface area contributed by atoms with Crippen LogP contribution in [0.25, 0.3) is 44.7 Å². The number of para-hydroxylation sites is 2. The first-order chi connectivity index (χ1) is 15.1. The lowest BCUT2D eigenvalue weighted by atomic mass is 9.80. The van der Waals surface area contributed by atoms with E-state index in [9.17, 15) is 9.59 Å². The molecule has 1 aliphatic carbocycles. The Bertz CT molecular complexity index is 1610. The van der Waals surface area contributed by atoms with Gasteiger partial charge in [-0.25, -0.2) is 4.98 Å². The van der Waals surface area contributed by atoms with Crippen LogP contribution in [0.15, 0.2) is 71.5 Å². The maximum Gasteiger partial charge on any atom is 0.260 e. The third-order valence-electron chi connectivity index (χ3n) is 5.62. The topological polar surface area (TPSA) is 78.6 Å². The van der Waals surface area contributed by atoms with Crippen LogP contribution in [0.2, 0.25) is 5.02 Å². The maximum absolute atomic E-state index is 13.6. The third kappa shape index (κ3) is 2.67. The van der Waals surface area contributed by atoms with Gasteiger partial charge in [0.25, 0.3) is 5.56 Å². The molecule has 2 aromatic heterocycles. The van der Waals surface area contributed by atoms with Crippen LogP contribution in [0, 0.1) is 0 Å². The first kappa shape index (κ1) is 17.9. The molecule has 0 saturated heterocycles.